The number of carbonyl (C=O) groups is 1. The molecule has 0 radical (unpaired) electrons. The first-order valence-corrected chi connectivity index (χ1v) is 6.53. The summed E-state index contributed by atoms with van der Waals surface area (Å²) < 4.78 is 6.70. The number of nitrogen functional groups attached to an aromatic ring is 1. The number of carbonyl (C=O) groups excluding carboxylic acids is 1. The van der Waals surface area contributed by atoms with Gasteiger partial charge in [-0.2, -0.15) is 5.10 Å². The van der Waals surface area contributed by atoms with Crippen molar-refractivity contribution in [2.24, 2.45) is 0 Å². The molecule has 0 aliphatic heterocycles. The second kappa shape index (κ2) is 5.36. The molecule has 106 valence electrons. The second-order valence-corrected chi connectivity index (χ2v) is 5.08. The van der Waals surface area contributed by atoms with E-state index in [1.165, 1.54) is 0 Å². The van der Waals surface area contributed by atoms with Crippen molar-refractivity contribution >= 4 is 11.7 Å². The number of hydrogen-bond acceptors (Lipinski definition) is 4. The van der Waals surface area contributed by atoms with Gasteiger partial charge in [0.15, 0.2) is 5.54 Å². The van der Waals surface area contributed by atoms with E-state index in [2.05, 4.69) is 5.10 Å². The van der Waals surface area contributed by atoms with Gasteiger partial charge in [0.2, 0.25) is 0 Å². The molecular formula is C15H19N3O2. The highest BCUT2D eigenvalue weighted by Gasteiger charge is 2.32. The summed E-state index contributed by atoms with van der Waals surface area (Å²) in [5, 5.41) is 4.27. The summed E-state index contributed by atoms with van der Waals surface area (Å²) in [6.45, 7) is 5.71. The number of nitrogens with two attached hydrogens (primary N) is 1. The molecule has 0 aliphatic carbocycles. The third-order valence-electron chi connectivity index (χ3n) is 3.17. The number of ether oxygens (including phenoxy) is 1. The highest BCUT2D eigenvalue weighted by molar-refractivity contribution is 5.78. The Morgan fingerprint density at radius 2 is 1.95 bits per heavy atom. The van der Waals surface area contributed by atoms with Crippen molar-refractivity contribution in [3.05, 3.63) is 36.7 Å². The maximum atomic E-state index is 12.0. The van der Waals surface area contributed by atoms with E-state index in [0.717, 1.165) is 11.1 Å². The molecule has 0 fully saturated rings. The molecule has 5 heteroatoms. The van der Waals surface area contributed by atoms with Crippen LogP contribution in [0.5, 0.6) is 0 Å². The number of esters is 1. The maximum Gasteiger partial charge on any atom is 0.333 e. The van der Waals surface area contributed by atoms with Crippen LogP contribution in [0.3, 0.4) is 0 Å². The summed E-state index contributed by atoms with van der Waals surface area (Å²) in [6, 6.07) is 7.52. The quantitative estimate of drug-likeness (QED) is 0.686. The summed E-state index contributed by atoms with van der Waals surface area (Å²) >= 11 is 0. The standard InChI is InChI=1S/C15H19N3O2/c1-4-20-14(19)15(2,3)18-10-12(9-17-18)11-5-7-13(16)8-6-11/h5-10H,4,16H2,1-3H3. The molecule has 0 bridgehead atoms. The van der Waals surface area contributed by atoms with E-state index in [4.69, 9.17) is 10.5 Å². The first kappa shape index (κ1) is 14.1. The van der Waals surface area contributed by atoms with E-state index in [-0.39, 0.29) is 5.97 Å². The molecule has 1 heterocycles. The Balaban J connectivity index is 2.28. The van der Waals surface area contributed by atoms with Crippen LogP contribution in [0.25, 0.3) is 11.1 Å². The van der Waals surface area contributed by atoms with E-state index in [9.17, 15) is 4.79 Å². The summed E-state index contributed by atoms with van der Waals surface area (Å²) in [4.78, 5) is 12.0. The van der Waals surface area contributed by atoms with Gasteiger partial charge in [-0.25, -0.2) is 4.79 Å². The van der Waals surface area contributed by atoms with Crippen LogP contribution in [0.15, 0.2) is 36.7 Å². The predicted molar refractivity (Wildman–Crippen MR) is 78.0 cm³/mol. The molecular weight excluding hydrogens is 254 g/mol. The van der Waals surface area contributed by atoms with Gasteiger partial charge in [-0.05, 0) is 38.5 Å². The smallest absolute Gasteiger partial charge is 0.333 e. The van der Waals surface area contributed by atoms with Crippen LogP contribution in [0.1, 0.15) is 20.8 Å². The van der Waals surface area contributed by atoms with Gasteiger partial charge in [-0.1, -0.05) is 12.1 Å². The molecule has 2 N–H and O–H groups in total. The predicted octanol–water partition coefficient (Wildman–Crippen LogP) is 2.43. The molecule has 1 aromatic heterocycles. The second-order valence-electron chi connectivity index (χ2n) is 5.08. The van der Waals surface area contributed by atoms with Gasteiger partial charge in [-0.15, -0.1) is 0 Å². The molecule has 0 unspecified atom stereocenters. The Bertz CT molecular complexity index is 600. The number of benzene rings is 1. The van der Waals surface area contributed by atoms with Crippen LogP contribution in [0, 0.1) is 0 Å². The number of aromatic nitrogens is 2. The monoisotopic (exact) mass is 273 g/mol. The molecule has 20 heavy (non-hydrogen) atoms. The minimum absolute atomic E-state index is 0.299. The van der Waals surface area contributed by atoms with Crippen LogP contribution < -0.4 is 5.73 Å². The Kier molecular flexibility index (Phi) is 3.79. The fraction of sp³-hybridized carbons (Fsp3) is 0.333. The molecule has 0 saturated carbocycles. The Morgan fingerprint density at radius 1 is 1.30 bits per heavy atom. The number of hydrogen-bond donors (Lipinski definition) is 1. The zero-order valence-electron chi connectivity index (χ0n) is 12.0. The SMILES string of the molecule is CCOC(=O)C(C)(C)n1cc(-c2ccc(N)cc2)cn1. The molecule has 0 atom stereocenters. The van der Waals surface area contributed by atoms with E-state index in [1.807, 2.05) is 30.5 Å². The fourth-order valence-electron chi connectivity index (χ4n) is 1.85. The average molecular weight is 273 g/mol. The summed E-state index contributed by atoms with van der Waals surface area (Å²) in [5.41, 5.74) is 7.49. The molecule has 0 aliphatic rings. The first-order chi connectivity index (χ1) is 9.45. The number of rotatable bonds is 4. The van der Waals surface area contributed by atoms with Gasteiger partial charge < -0.3 is 10.5 Å². The van der Waals surface area contributed by atoms with Gasteiger partial charge in [0.1, 0.15) is 0 Å². The van der Waals surface area contributed by atoms with Gasteiger partial charge in [0.05, 0.1) is 12.8 Å². The normalized spacial score (nSPS) is 11.3. The van der Waals surface area contributed by atoms with E-state index >= 15 is 0 Å². The third-order valence-corrected chi connectivity index (χ3v) is 3.17. The van der Waals surface area contributed by atoms with Gasteiger partial charge in [0, 0.05) is 17.4 Å². The van der Waals surface area contributed by atoms with Crippen LogP contribution in [-0.2, 0) is 15.1 Å². The van der Waals surface area contributed by atoms with Crippen LogP contribution in [-0.4, -0.2) is 22.4 Å². The molecule has 0 saturated heterocycles. The lowest BCUT2D eigenvalue weighted by Crippen LogP contribution is -2.37. The summed E-state index contributed by atoms with van der Waals surface area (Å²) in [5.74, 6) is -0.299. The van der Waals surface area contributed by atoms with Crippen molar-refractivity contribution in [2.75, 3.05) is 12.3 Å². The lowest BCUT2D eigenvalue weighted by atomic mass is 10.1. The van der Waals surface area contributed by atoms with Gasteiger partial charge in [0.25, 0.3) is 0 Å². The zero-order chi connectivity index (χ0) is 14.8. The van der Waals surface area contributed by atoms with Crippen LogP contribution in [0.4, 0.5) is 5.69 Å². The van der Waals surface area contributed by atoms with Crippen molar-refractivity contribution in [2.45, 2.75) is 26.3 Å². The topological polar surface area (TPSA) is 70.1 Å². The Morgan fingerprint density at radius 3 is 2.55 bits per heavy atom. The van der Waals surface area contributed by atoms with Crippen LogP contribution in [0.2, 0.25) is 0 Å². The van der Waals surface area contributed by atoms with Crippen molar-refractivity contribution in [1.82, 2.24) is 9.78 Å². The average Bonchev–Trinajstić information content (AvgIpc) is 2.90. The van der Waals surface area contributed by atoms with Gasteiger partial charge in [-0.3, -0.25) is 4.68 Å². The third kappa shape index (κ3) is 2.66. The maximum absolute atomic E-state index is 12.0. The van der Waals surface area contributed by atoms with E-state index in [0.29, 0.717) is 12.3 Å². The zero-order valence-corrected chi connectivity index (χ0v) is 12.0. The number of nitrogens with zero attached hydrogens (tertiary/aromatic N) is 2. The summed E-state index contributed by atoms with van der Waals surface area (Å²) in [6.07, 6.45) is 3.56. The van der Waals surface area contributed by atoms with Crippen molar-refractivity contribution in [3.63, 3.8) is 0 Å². The largest absolute Gasteiger partial charge is 0.464 e. The van der Waals surface area contributed by atoms with Crippen molar-refractivity contribution in [1.29, 1.82) is 0 Å². The van der Waals surface area contributed by atoms with E-state index in [1.54, 1.807) is 31.6 Å². The molecule has 2 rings (SSSR count). The Labute approximate surface area is 118 Å². The van der Waals surface area contributed by atoms with Crippen molar-refractivity contribution < 1.29 is 9.53 Å². The minimum Gasteiger partial charge on any atom is -0.464 e. The molecule has 0 amide bonds. The highest BCUT2D eigenvalue weighted by Crippen LogP contribution is 2.23. The Hall–Kier alpha value is -2.30. The molecule has 1 aromatic carbocycles. The highest BCUT2D eigenvalue weighted by atomic mass is 16.5. The lowest BCUT2D eigenvalue weighted by molar-refractivity contribution is -0.152. The van der Waals surface area contributed by atoms with Gasteiger partial charge >= 0.3 is 5.97 Å². The molecule has 0 spiro atoms. The first-order valence-electron chi connectivity index (χ1n) is 6.53. The molecule has 5 nitrogen and oxygen atoms in total. The van der Waals surface area contributed by atoms with E-state index < -0.39 is 5.54 Å². The van der Waals surface area contributed by atoms with Crippen LogP contribution >= 0.6 is 0 Å². The lowest BCUT2D eigenvalue weighted by Gasteiger charge is -2.22. The van der Waals surface area contributed by atoms with Crippen molar-refractivity contribution in [3.8, 4) is 11.1 Å². The molecule has 2 aromatic rings. The number of anilines is 1. The minimum atomic E-state index is -0.831. The fourth-order valence-corrected chi connectivity index (χ4v) is 1.85. The summed E-state index contributed by atoms with van der Waals surface area (Å²) in [7, 11) is 0.